The molecule has 0 saturated heterocycles. The Morgan fingerprint density at radius 3 is 2.56 bits per heavy atom. The zero-order valence-corrected chi connectivity index (χ0v) is 10.8. The van der Waals surface area contributed by atoms with Crippen molar-refractivity contribution in [1.82, 2.24) is 0 Å². The van der Waals surface area contributed by atoms with Gasteiger partial charge in [0.2, 0.25) is 0 Å². The molecule has 0 aliphatic heterocycles. The quantitative estimate of drug-likeness (QED) is 0.817. The summed E-state index contributed by atoms with van der Waals surface area (Å²) in [4.78, 5) is 0. The molecule has 0 spiro atoms. The maximum absolute atomic E-state index is 6.11. The summed E-state index contributed by atoms with van der Waals surface area (Å²) in [6, 6.07) is 5.62. The molecule has 2 N–H and O–H groups in total. The van der Waals surface area contributed by atoms with E-state index in [-0.39, 0.29) is 0 Å². The van der Waals surface area contributed by atoms with E-state index in [1.165, 1.54) is 0 Å². The number of nitrogens with two attached hydrogens (primary N) is 1. The largest absolute Gasteiger partial charge is 0.488 e. The van der Waals surface area contributed by atoms with E-state index in [0.717, 1.165) is 11.1 Å². The monoisotopic (exact) mass is 239 g/mol. The highest BCUT2D eigenvalue weighted by atomic mass is 35.5. The Morgan fingerprint density at radius 1 is 1.50 bits per heavy atom. The van der Waals surface area contributed by atoms with Crippen molar-refractivity contribution >= 4 is 11.6 Å². The predicted molar refractivity (Wildman–Crippen MR) is 69.0 cm³/mol. The van der Waals surface area contributed by atoms with E-state index < -0.39 is 5.54 Å². The van der Waals surface area contributed by atoms with Gasteiger partial charge in [0.15, 0.2) is 0 Å². The van der Waals surface area contributed by atoms with Gasteiger partial charge < -0.3 is 10.5 Å². The van der Waals surface area contributed by atoms with Crippen molar-refractivity contribution in [3.05, 3.63) is 40.9 Å². The molecule has 0 atom stereocenters. The fourth-order valence-electron chi connectivity index (χ4n) is 1.22. The molecule has 0 amide bonds. The summed E-state index contributed by atoms with van der Waals surface area (Å²) in [5.74, 6) is 0.665. The molecule has 1 aromatic carbocycles. The number of hydrogen-bond donors (Lipinski definition) is 1. The molecule has 88 valence electrons. The third-order valence-electron chi connectivity index (χ3n) is 2.15. The van der Waals surface area contributed by atoms with Crippen molar-refractivity contribution in [2.75, 3.05) is 6.61 Å². The van der Waals surface area contributed by atoms with Gasteiger partial charge in [-0.1, -0.05) is 24.2 Å². The second-order valence-corrected chi connectivity index (χ2v) is 5.02. The highest BCUT2D eigenvalue weighted by Gasteiger charge is 2.15. The normalized spacial score (nSPS) is 11.3. The van der Waals surface area contributed by atoms with E-state index in [2.05, 4.69) is 6.58 Å². The molecule has 3 heteroatoms. The Hall–Kier alpha value is -0.990. The van der Waals surface area contributed by atoms with Crippen LogP contribution in [0.5, 0.6) is 5.75 Å². The zero-order valence-electron chi connectivity index (χ0n) is 10.0. The van der Waals surface area contributed by atoms with Gasteiger partial charge in [-0.25, -0.2) is 0 Å². The lowest BCUT2D eigenvalue weighted by Crippen LogP contribution is -2.28. The average Bonchev–Trinajstić information content (AvgIpc) is 2.14. The summed E-state index contributed by atoms with van der Waals surface area (Å²) in [6.45, 7) is 10.0. The van der Waals surface area contributed by atoms with E-state index in [9.17, 15) is 0 Å². The molecule has 0 aliphatic rings. The molecular formula is C13H18ClNO. The van der Waals surface area contributed by atoms with Crippen LogP contribution in [0.2, 0.25) is 5.02 Å². The van der Waals surface area contributed by atoms with Crippen LogP contribution in [0.25, 0.3) is 0 Å². The fourth-order valence-corrected chi connectivity index (χ4v) is 1.45. The summed E-state index contributed by atoms with van der Waals surface area (Å²) in [5, 5.41) is 0.581. The standard InChI is InChI=1S/C13H18ClNO/c1-9(2)8-16-12-6-5-10(7-11(12)14)13(3,4)15/h5-7H,1,8,15H2,2-4H3. The molecule has 1 rings (SSSR count). The van der Waals surface area contributed by atoms with Gasteiger partial charge >= 0.3 is 0 Å². The lowest BCUT2D eigenvalue weighted by Gasteiger charge is -2.20. The molecule has 0 heterocycles. The third kappa shape index (κ3) is 3.54. The Kier molecular flexibility index (Phi) is 4.00. The molecule has 0 bridgehead atoms. The first-order valence-electron chi connectivity index (χ1n) is 5.17. The number of ether oxygens (including phenoxy) is 1. The van der Waals surface area contributed by atoms with Crippen LogP contribution in [0, 0.1) is 0 Å². The Labute approximate surface area is 102 Å². The van der Waals surface area contributed by atoms with Crippen LogP contribution in [0.15, 0.2) is 30.4 Å². The number of hydrogen-bond acceptors (Lipinski definition) is 2. The Bertz CT molecular complexity index is 393. The SMILES string of the molecule is C=C(C)COc1ccc(C(C)(C)N)cc1Cl. The van der Waals surface area contributed by atoms with Crippen molar-refractivity contribution in [3.63, 3.8) is 0 Å². The van der Waals surface area contributed by atoms with E-state index in [4.69, 9.17) is 22.1 Å². The molecule has 0 aliphatic carbocycles. The van der Waals surface area contributed by atoms with Gasteiger partial charge in [0, 0.05) is 5.54 Å². The molecule has 0 unspecified atom stereocenters. The summed E-state index contributed by atoms with van der Waals surface area (Å²) in [5.41, 5.74) is 7.54. The van der Waals surface area contributed by atoms with Gasteiger partial charge in [0.05, 0.1) is 5.02 Å². The predicted octanol–water partition coefficient (Wildman–Crippen LogP) is 3.49. The highest BCUT2D eigenvalue weighted by Crippen LogP contribution is 2.29. The zero-order chi connectivity index (χ0) is 12.3. The first kappa shape index (κ1) is 13.1. The minimum Gasteiger partial charge on any atom is -0.488 e. The molecule has 1 aromatic rings. The second kappa shape index (κ2) is 4.89. The summed E-state index contributed by atoms with van der Waals surface area (Å²) in [6.07, 6.45) is 0. The lowest BCUT2D eigenvalue weighted by atomic mass is 9.96. The van der Waals surface area contributed by atoms with Gasteiger partial charge in [-0.2, -0.15) is 0 Å². The van der Waals surface area contributed by atoms with Gasteiger partial charge in [-0.3, -0.25) is 0 Å². The lowest BCUT2D eigenvalue weighted by molar-refractivity contribution is 0.352. The molecule has 0 fully saturated rings. The summed E-state index contributed by atoms with van der Waals surface area (Å²) >= 11 is 6.11. The Balaban J connectivity index is 2.88. The van der Waals surface area contributed by atoms with Crippen LogP contribution in [-0.2, 0) is 5.54 Å². The molecule has 2 nitrogen and oxygen atoms in total. The van der Waals surface area contributed by atoms with Crippen LogP contribution in [0.1, 0.15) is 26.3 Å². The molecule has 0 saturated carbocycles. The van der Waals surface area contributed by atoms with Gasteiger partial charge in [0.1, 0.15) is 12.4 Å². The van der Waals surface area contributed by atoms with Crippen LogP contribution >= 0.6 is 11.6 Å². The minimum absolute atomic E-state index is 0.392. The molecule has 0 radical (unpaired) electrons. The van der Waals surface area contributed by atoms with Crippen LogP contribution in [0.3, 0.4) is 0 Å². The van der Waals surface area contributed by atoms with Gasteiger partial charge in [0.25, 0.3) is 0 Å². The molecular weight excluding hydrogens is 222 g/mol. The van der Waals surface area contributed by atoms with E-state index in [0.29, 0.717) is 17.4 Å². The maximum Gasteiger partial charge on any atom is 0.138 e. The van der Waals surface area contributed by atoms with Gasteiger partial charge in [-0.05, 0) is 44.0 Å². The fraction of sp³-hybridized carbons (Fsp3) is 0.385. The van der Waals surface area contributed by atoms with Crippen LogP contribution in [0.4, 0.5) is 0 Å². The van der Waals surface area contributed by atoms with E-state index in [1.807, 2.05) is 39.0 Å². The minimum atomic E-state index is -0.392. The third-order valence-corrected chi connectivity index (χ3v) is 2.45. The summed E-state index contributed by atoms with van der Waals surface area (Å²) in [7, 11) is 0. The van der Waals surface area contributed by atoms with Crippen molar-refractivity contribution in [1.29, 1.82) is 0 Å². The first-order chi connectivity index (χ1) is 7.30. The topological polar surface area (TPSA) is 35.2 Å². The molecule has 16 heavy (non-hydrogen) atoms. The van der Waals surface area contributed by atoms with Crippen molar-refractivity contribution in [2.24, 2.45) is 5.73 Å². The maximum atomic E-state index is 6.11. The average molecular weight is 240 g/mol. The Morgan fingerprint density at radius 2 is 2.12 bits per heavy atom. The smallest absolute Gasteiger partial charge is 0.138 e. The van der Waals surface area contributed by atoms with Crippen LogP contribution < -0.4 is 10.5 Å². The highest BCUT2D eigenvalue weighted by molar-refractivity contribution is 6.32. The van der Waals surface area contributed by atoms with E-state index in [1.54, 1.807) is 0 Å². The molecule has 0 aromatic heterocycles. The van der Waals surface area contributed by atoms with Crippen LogP contribution in [-0.4, -0.2) is 6.61 Å². The number of benzene rings is 1. The van der Waals surface area contributed by atoms with E-state index >= 15 is 0 Å². The summed E-state index contributed by atoms with van der Waals surface area (Å²) < 4.78 is 5.49. The number of halogens is 1. The van der Waals surface area contributed by atoms with Crippen molar-refractivity contribution in [2.45, 2.75) is 26.3 Å². The van der Waals surface area contributed by atoms with Crippen molar-refractivity contribution in [3.8, 4) is 5.75 Å². The van der Waals surface area contributed by atoms with Gasteiger partial charge in [-0.15, -0.1) is 0 Å². The number of rotatable bonds is 4. The van der Waals surface area contributed by atoms with Crippen molar-refractivity contribution < 1.29 is 4.74 Å². The second-order valence-electron chi connectivity index (χ2n) is 4.61. The first-order valence-corrected chi connectivity index (χ1v) is 5.54.